The van der Waals surface area contributed by atoms with Gasteiger partial charge in [0.25, 0.3) is 5.91 Å². The minimum absolute atomic E-state index is 0.0235. The van der Waals surface area contributed by atoms with Crippen molar-refractivity contribution in [2.24, 2.45) is 5.73 Å². The maximum Gasteiger partial charge on any atom is 0.258 e. The van der Waals surface area contributed by atoms with E-state index in [0.29, 0.717) is 12.2 Å². The van der Waals surface area contributed by atoms with Crippen LogP contribution in [0.3, 0.4) is 0 Å². The second-order valence-corrected chi connectivity index (χ2v) is 7.89. The summed E-state index contributed by atoms with van der Waals surface area (Å²) in [5.41, 5.74) is 3.48. The van der Waals surface area contributed by atoms with Gasteiger partial charge in [-0.2, -0.15) is 0 Å². The highest BCUT2D eigenvalue weighted by atomic mass is 19.1. The number of carbonyl (C=O) groups is 1. The Balaban J connectivity index is 1.66. The third-order valence-electron chi connectivity index (χ3n) is 5.59. The van der Waals surface area contributed by atoms with Crippen LogP contribution >= 0.6 is 0 Å². The zero-order chi connectivity index (χ0) is 24.4. The van der Waals surface area contributed by atoms with E-state index in [2.05, 4.69) is 10.3 Å². The molecule has 1 aliphatic rings. The molecule has 34 heavy (non-hydrogen) atoms. The van der Waals surface area contributed by atoms with Gasteiger partial charge in [-0.15, -0.1) is 0 Å². The average Bonchev–Trinajstić information content (AvgIpc) is 3.21. The predicted octanol–water partition coefficient (Wildman–Crippen LogP) is 4.82. The molecule has 1 saturated carbocycles. The number of hydrogen-bond donors (Lipinski definition) is 2. The van der Waals surface area contributed by atoms with Crippen molar-refractivity contribution in [2.45, 2.75) is 31.4 Å². The number of amides is 1. The molecule has 4 rings (SSSR count). The van der Waals surface area contributed by atoms with Crippen molar-refractivity contribution in [1.82, 2.24) is 4.98 Å². The van der Waals surface area contributed by atoms with Crippen LogP contribution < -0.4 is 20.5 Å². The number of rotatable bonds is 6. The second-order valence-electron chi connectivity index (χ2n) is 7.89. The van der Waals surface area contributed by atoms with Crippen molar-refractivity contribution in [3.63, 3.8) is 0 Å². The molecular weight excluding hydrogens is 454 g/mol. The summed E-state index contributed by atoms with van der Waals surface area (Å²) < 4.78 is 69.4. The molecule has 178 valence electrons. The fourth-order valence-electron chi connectivity index (χ4n) is 3.89. The van der Waals surface area contributed by atoms with Crippen LogP contribution in [0.15, 0.2) is 42.7 Å². The molecule has 3 aromatic rings. The molecule has 0 spiro atoms. The number of methoxy groups -OCH3 is 1. The Labute approximate surface area is 192 Å². The Morgan fingerprint density at radius 2 is 1.79 bits per heavy atom. The topological polar surface area (TPSA) is 86.5 Å². The zero-order valence-electron chi connectivity index (χ0n) is 18.1. The summed E-state index contributed by atoms with van der Waals surface area (Å²) in [6.45, 7) is 0. The van der Waals surface area contributed by atoms with Gasteiger partial charge in [-0.1, -0.05) is 0 Å². The Kier molecular flexibility index (Phi) is 6.69. The Morgan fingerprint density at radius 1 is 1.06 bits per heavy atom. The van der Waals surface area contributed by atoms with E-state index in [4.69, 9.17) is 15.2 Å². The molecule has 1 fully saturated rings. The van der Waals surface area contributed by atoms with E-state index in [0.717, 1.165) is 37.1 Å². The number of benzene rings is 2. The number of nitrogens with two attached hydrogens (primary N) is 1. The average molecular weight is 475 g/mol. The summed E-state index contributed by atoms with van der Waals surface area (Å²) >= 11 is 0. The van der Waals surface area contributed by atoms with Crippen molar-refractivity contribution in [1.29, 1.82) is 0 Å². The van der Waals surface area contributed by atoms with Crippen molar-refractivity contribution < 1.29 is 31.8 Å². The van der Waals surface area contributed by atoms with E-state index in [1.807, 2.05) is 0 Å². The first-order chi connectivity index (χ1) is 16.3. The van der Waals surface area contributed by atoms with E-state index in [-0.39, 0.29) is 23.6 Å². The molecule has 0 bridgehead atoms. The minimum atomic E-state index is -1.42. The maximum absolute atomic E-state index is 15.3. The van der Waals surface area contributed by atoms with Gasteiger partial charge in [0.2, 0.25) is 0 Å². The van der Waals surface area contributed by atoms with Gasteiger partial charge in [0.1, 0.15) is 46.6 Å². The predicted molar refractivity (Wildman–Crippen MR) is 117 cm³/mol. The lowest BCUT2D eigenvalue weighted by Gasteiger charge is -2.17. The number of pyridine rings is 1. The highest BCUT2D eigenvalue weighted by Gasteiger charge is 2.27. The summed E-state index contributed by atoms with van der Waals surface area (Å²) in [7, 11) is 1.19. The minimum Gasteiger partial charge on any atom is -0.497 e. The first-order valence-electron chi connectivity index (χ1n) is 10.5. The lowest BCUT2D eigenvalue weighted by atomic mass is 9.99. The SMILES string of the molecule is COc1cc(F)c(-c2c(F)ccc(C(=O)Nc3cnccc3O[C@H]3CC[C@H](N)C3)c2F)c(F)c1. The quantitative estimate of drug-likeness (QED) is 0.499. The van der Waals surface area contributed by atoms with E-state index in [1.54, 1.807) is 0 Å². The summed E-state index contributed by atoms with van der Waals surface area (Å²) in [6.07, 6.45) is 4.82. The molecular formula is C24H21F4N3O3. The lowest BCUT2D eigenvalue weighted by molar-refractivity contribution is 0.102. The number of hydrogen-bond acceptors (Lipinski definition) is 5. The molecule has 10 heteroatoms. The van der Waals surface area contributed by atoms with Crippen LogP contribution in [0.1, 0.15) is 29.6 Å². The molecule has 0 unspecified atom stereocenters. The Hall–Kier alpha value is -3.66. The van der Waals surface area contributed by atoms with Crippen LogP contribution in [0, 0.1) is 23.3 Å². The van der Waals surface area contributed by atoms with Gasteiger partial charge in [0.05, 0.1) is 30.0 Å². The fourth-order valence-corrected chi connectivity index (χ4v) is 3.89. The Morgan fingerprint density at radius 3 is 2.44 bits per heavy atom. The molecule has 2 aromatic carbocycles. The van der Waals surface area contributed by atoms with Gasteiger partial charge in [-0.25, -0.2) is 17.6 Å². The van der Waals surface area contributed by atoms with Crippen molar-refractivity contribution in [2.75, 3.05) is 12.4 Å². The van der Waals surface area contributed by atoms with Crippen molar-refractivity contribution in [3.05, 3.63) is 71.6 Å². The third kappa shape index (κ3) is 4.67. The lowest BCUT2D eigenvalue weighted by Crippen LogP contribution is -2.20. The molecule has 0 saturated heterocycles. The summed E-state index contributed by atoms with van der Waals surface area (Å²) in [5.74, 6) is -5.99. The second kappa shape index (κ2) is 9.68. The Bertz CT molecular complexity index is 1220. The maximum atomic E-state index is 15.3. The van der Waals surface area contributed by atoms with E-state index in [1.165, 1.54) is 25.6 Å². The molecule has 1 heterocycles. The molecule has 2 atom stereocenters. The summed E-state index contributed by atoms with van der Waals surface area (Å²) in [6, 6.07) is 4.78. The van der Waals surface area contributed by atoms with Crippen LogP contribution in [-0.2, 0) is 0 Å². The van der Waals surface area contributed by atoms with Crippen LogP contribution in [0.5, 0.6) is 11.5 Å². The first-order valence-corrected chi connectivity index (χ1v) is 10.5. The number of nitrogens with one attached hydrogen (secondary N) is 1. The van der Waals surface area contributed by atoms with Crippen molar-refractivity contribution >= 4 is 11.6 Å². The molecule has 6 nitrogen and oxygen atoms in total. The van der Waals surface area contributed by atoms with E-state index >= 15 is 4.39 Å². The number of carbonyl (C=O) groups excluding carboxylic acids is 1. The highest BCUT2D eigenvalue weighted by Crippen LogP contribution is 2.35. The molecule has 1 aromatic heterocycles. The van der Waals surface area contributed by atoms with Gasteiger partial charge < -0.3 is 20.5 Å². The van der Waals surface area contributed by atoms with E-state index < -0.39 is 45.9 Å². The molecule has 0 aliphatic heterocycles. The van der Waals surface area contributed by atoms with Crippen LogP contribution in [-0.4, -0.2) is 30.1 Å². The molecule has 1 amide bonds. The number of anilines is 1. The largest absolute Gasteiger partial charge is 0.497 e. The number of ether oxygens (including phenoxy) is 2. The molecule has 1 aliphatic carbocycles. The fraction of sp³-hybridized carbons (Fsp3) is 0.250. The van der Waals surface area contributed by atoms with Gasteiger partial charge in [-0.05, 0) is 31.4 Å². The van der Waals surface area contributed by atoms with Crippen LogP contribution in [0.2, 0.25) is 0 Å². The highest BCUT2D eigenvalue weighted by molar-refractivity contribution is 6.06. The zero-order valence-corrected chi connectivity index (χ0v) is 18.1. The van der Waals surface area contributed by atoms with Gasteiger partial charge >= 0.3 is 0 Å². The normalized spacial score (nSPS) is 17.5. The van der Waals surface area contributed by atoms with E-state index in [9.17, 15) is 18.0 Å². The van der Waals surface area contributed by atoms with Crippen LogP contribution in [0.25, 0.3) is 11.1 Å². The summed E-state index contributed by atoms with van der Waals surface area (Å²) in [4.78, 5) is 16.8. The number of halogens is 4. The third-order valence-corrected chi connectivity index (χ3v) is 5.59. The van der Waals surface area contributed by atoms with Gasteiger partial charge in [-0.3, -0.25) is 9.78 Å². The smallest absolute Gasteiger partial charge is 0.258 e. The number of nitrogens with zero attached hydrogens (tertiary/aromatic N) is 1. The molecule has 3 N–H and O–H groups in total. The summed E-state index contributed by atoms with van der Waals surface area (Å²) in [5, 5.41) is 2.47. The number of aromatic nitrogens is 1. The standard InChI is InChI=1S/C24H21F4N3O3/c1-33-14-9-17(26)21(18(27)10-14)22-16(25)5-4-15(23(22)28)24(32)31-19-11-30-7-6-20(19)34-13-3-2-12(29)8-13/h4-7,9-13H,2-3,8,29H2,1H3,(H,31,32)/t12-,13-/m0/s1. The van der Waals surface area contributed by atoms with Gasteiger partial charge in [0.15, 0.2) is 0 Å². The first kappa shape index (κ1) is 23.5. The van der Waals surface area contributed by atoms with Crippen LogP contribution in [0.4, 0.5) is 23.2 Å². The molecule has 0 radical (unpaired) electrons. The van der Waals surface area contributed by atoms with Crippen molar-refractivity contribution in [3.8, 4) is 22.6 Å². The monoisotopic (exact) mass is 475 g/mol. The van der Waals surface area contributed by atoms with Gasteiger partial charge in [0, 0.05) is 30.4 Å².